The molecule has 1 aromatic rings. The van der Waals surface area contributed by atoms with E-state index in [0.29, 0.717) is 12.0 Å². The SMILES string of the molecule is CCCCC(N)c1c(F)ccc(C)c1F. The molecule has 1 aromatic carbocycles. The standard InChI is InChI=1S/C12H17F2N/c1-3-4-5-10(15)11-9(13)7-6-8(2)12(11)14/h6-7,10H,3-5,15H2,1-2H3. The smallest absolute Gasteiger partial charge is 0.133 e. The molecular formula is C12H17F2N. The number of nitrogens with two attached hydrogens (primary N) is 1. The van der Waals surface area contributed by atoms with Gasteiger partial charge in [-0.25, -0.2) is 8.78 Å². The predicted octanol–water partition coefficient (Wildman–Crippen LogP) is 3.46. The molecule has 0 aliphatic carbocycles. The van der Waals surface area contributed by atoms with Crippen LogP contribution in [0.2, 0.25) is 0 Å². The zero-order valence-electron chi connectivity index (χ0n) is 9.19. The summed E-state index contributed by atoms with van der Waals surface area (Å²) in [7, 11) is 0. The van der Waals surface area contributed by atoms with Gasteiger partial charge in [-0.1, -0.05) is 25.8 Å². The van der Waals surface area contributed by atoms with Gasteiger partial charge in [-0.3, -0.25) is 0 Å². The Morgan fingerprint density at radius 1 is 1.33 bits per heavy atom. The minimum absolute atomic E-state index is 0.0310. The van der Waals surface area contributed by atoms with Gasteiger partial charge < -0.3 is 5.73 Å². The van der Waals surface area contributed by atoms with Crippen LogP contribution >= 0.6 is 0 Å². The van der Waals surface area contributed by atoms with Gasteiger partial charge in [0.25, 0.3) is 0 Å². The molecule has 1 rings (SSSR count). The molecule has 0 heterocycles. The summed E-state index contributed by atoms with van der Waals surface area (Å²) in [4.78, 5) is 0. The molecule has 84 valence electrons. The molecule has 2 N–H and O–H groups in total. The Bertz CT molecular complexity index is 337. The lowest BCUT2D eigenvalue weighted by Gasteiger charge is -2.14. The molecule has 0 radical (unpaired) electrons. The summed E-state index contributed by atoms with van der Waals surface area (Å²) in [5.41, 5.74) is 6.25. The normalized spacial score (nSPS) is 12.9. The van der Waals surface area contributed by atoms with Crippen molar-refractivity contribution in [3.8, 4) is 0 Å². The van der Waals surface area contributed by atoms with E-state index in [9.17, 15) is 8.78 Å². The molecule has 0 aliphatic heterocycles. The fraction of sp³-hybridized carbons (Fsp3) is 0.500. The van der Waals surface area contributed by atoms with Crippen LogP contribution in [0.4, 0.5) is 8.78 Å². The number of halogens is 2. The number of hydrogen-bond acceptors (Lipinski definition) is 1. The van der Waals surface area contributed by atoms with Crippen molar-refractivity contribution >= 4 is 0 Å². The van der Waals surface area contributed by atoms with Gasteiger partial charge in [-0.15, -0.1) is 0 Å². The van der Waals surface area contributed by atoms with Crippen LogP contribution in [0.1, 0.15) is 43.4 Å². The molecule has 1 unspecified atom stereocenters. The van der Waals surface area contributed by atoms with Gasteiger partial charge in [0.1, 0.15) is 11.6 Å². The first-order valence-electron chi connectivity index (χ1n) is 5.28. The topological polar surface area (TPSA) is 26.0 Å². The van der Waals surface area contributed by atoms with E-state index in [0.717, 1.165) is 12.8 Å². The van der Waals surface area contributed by atoms with Crippen LogP contribution in [0.3, 0.4) is 0 Å². The number of aryl methyl sites for hydroxylation is 1. The lowest BCUT2D eigenvalue weighted by atomic mass is 9.99. The fourth-order valence-electron chi connectivity index (χ4n) is 1.59. The third-order valence-corrected chi connectivity index (χ3v) is 2.56. The Morgan fingerprint density at radius 2 is 2.00 bits per heavy atom. The molecule has 0 aromatic heterocycles. The van der Waals surface area contributed by atoms with Crippen molar-refractivity contribution in [3.05, 3.63) is 34.9 Å². The minimum Gasteiger partial charge on any atom is -0.324 e. The first-order valence-corrected chi connectivity index (χ1v) is 5.28. The maximum absolute atomic E-state index is 13.6. The monoisotopic (exact) mass is 213 g/mol. The maximum atomic E-state index is 13.6. The van der Waals surface area contributed by atoms with E-state index in [1.807, 2.05) is 6.92 Å². The lowest BCUT2D eigenvalue weighted by molar-refractivity contribution is 0.499. The highest BCUT2D eigenvalue weighted by atomic mass is 19.1. The summed E-state index contributed by atoms with van der Waals surface area (Å²) < 4.78 is 27.0. The van der Waals surface area contributed by atoms with Gasteiger partial charge in [-0.05, 0) is 25.0 Å². The Kier molecular flexibility index (Phi) is 4.21. The van der Waals surface area contributed by atoms with Crippen LogP contribution in [0.25, 0.3) is 0 Å². The average Bonchev–Trinajstić information content (AvgIpc) is 2.21. The van der Waals surface area contributed by atoms with Gasteiger partial charge in [-0.2, -0.15) is 0 Å². The van der Waals surface area contributed by atoms with Crippen molar-refractivity contribution < 1.29 is 8.78 Å². The van der Waals surface area contributed by atoms with Crippen molar-refractivity contribution in [1.29, 1.82) is 0 Å². The van der Waals surface area contributed by atoms with E-state index in [1.165, 1.54) is 12.1 Å². The molecule has 3 heteroatoms. The van der Waals surface area contributed by atoms with E-state index in [1.54, 1.807) is 6.92 Å². The molecule has 1 nitrogen and oxygen atoms in total. The van der Waals surface area contributed by atoms with Crippen LogP contribution in [-0.4, -0.2) is 0 Å². The predicted molar refractivity (Wildman–Crippen MR) is 57.5 cm³/mol. The van der Waals surface area contributed by atoms with E-state index in [4.69, 9.17) is 5.73 Å². The Morgan fingerprint density at radius 3 is 2.60 bits per heavy atom. The van der Waals surface area contributed by atoms with Gasteiger partial charge in [0.2, 0.25) is 0 Å². The highest BCUT2D eigenvalue weighted by Gasteiger charge is 2.17. The molecule has 0 spiro atoms. The summed E-state index contributed by atoms with van der Waals surface area (Å²) in [6.45, 7) is 3.64. The fourth-order valence-corrected chi connectivity index (χ4v) is 1.59. The van der Waals surface area contributed by atoms with E-state index in [-0.39, 0.29) is 5.56 Å². The van der Waals surface area contributed by atoms with Crippen molar-refractivity contribution in [2.45, 2.75) is 39.2 Å². The maximum Gasteiger partial charge on any atom is 0.133 e. The molecule has 0 bridgehead atoms. The largest absolute Gasteiger partial charge is 0.324 e. The number of benzene rings is 1. The summed E-state index contributed by atoms with van der Waals surface area (Å²) in [6.07, 6.45) is 2.48. The number of unbranched alkanes of at least 4 members (excludes halogenated alkanes) is 1. The van der Waals surface area contributed by atoms with Crippen molar-refractivity contribution in [2.24, 2.45) is 5.73 Å². The molecule has 15 heavy (non-hydrogen) atoms. The Balaban J connectivity index is 2.96. The molecular weight excluding hydrogens is 196 g/mol. The van der Waals surface area contributed by atoms with E-state index >= 15 is 0 Å². The highest BCUT2D eigenvalue weighted by Crippen LogP contribution is 2.24. The zero-order valence-corrected chi connectivity index (χ0v) is 9.19. The van der Waals surface area contributed by atoms with Crippen LogP contribution in [0.5, 0.6) is 0 Å². The lowest BCUT2D eigenvalue weighted by Crippen LogP contribution is -2.14. The van der Waals surface area contributed by atoms with Crippen LogP contribution in [-0.2, 0) is 0 Å². The molecule has 1 atom stereocenters. The zero-order chi connectivity index (χ0) is 11.4. The second-order valence-electron chi connectivity index (χ2n) is 3.84. The Labute approximate surface area is 89.3 Å². The molecule has 0 aliphatic rings. The molecule has 0 amide bonds. The van der Waals surface area contributed by atoms with Crippen molar-refractivity contribution in [2.75, 3.05) is 0 Å². The highest BCUT2D eigenvalue weighted by molar-refractivity contribution is 5.28. The quantitative estimate of drug-likeness (QED) is 0.814. The summed E-state index contributed by atoms with van der Waals surface area (Å²) in [6, 6.07) is 2.17. The van der Waals surface area contributed by atoms with Gasteiger partial charge >= 0.3 is 0 Å². The van der Waals surface area contributed by atoms with Gasteiger partial charge in [0.15, 0.2) is 0 Å². The third-order valence-electron chi connectivity index (χ3n) is 2.56. The molecule has 0 saturated heterocycles. The third kappa shape index (κ3) is 2.75. The van der Waals surface area contributed by atoms with Crippen molar-refractivity contribution in [1.82, 2.24) is 0 Å². The molecule has 0 saturated carbocycles. The van der Waals surface area contributed by atoms with Crippen molar-refractivity contribution in [3.63, 3.8) is 0 Å². The number of hydrogen-bond donors (Lipinski definition) is 1. The van der Waals surface area contributed by atoms with Gasteiger partial charge in [0, 0.05) is 11.6 Å². The van der Waals surface area contributed by atoms with Crippen LogP contribution in [0.15, 0.2) is 12.1 Å². The summed E-state index contributed by atoms with van der Waals surface area (Å²) >= 11 is 0. The first kappa shape index (κ1) is 12.1. The first-order chi connectivity index (χ1) is 7.07. The average molecular weight is 213 g/mol. The second kappa shape index (κ2) is 5.21. The van der Waals surface area contributed by atoms with Crippen LogP contribution < -0.4 is 5.73 Å². The van der Waals surface area contributed by atoms with Crippen LogP contribution in [0, 0.1) is 18.6 Å². The van der Waals surface area contributed by atoms with Gasteiger partial charge in [0.05, 0.1) is 0 Å². The van der Waals surface area contributed by atoms with E-state index < -0.39 is 17.7 Å². The minimum atomic E-state index is -0.540. The summed E-state index contributed by atoms with van der Waals surface area (Å²) in [5, 5.41) is 0. The van der Waals surface area contributed by atoms with E-state index in [2.05, 4.69) is 0 Å². The summed E-state index contributed by atoms with van der Waals surface area (Å²) in [5.74, 6) is -1.04. The number of rotatable bonds is 4. The second-order valence-corrected chi connectivity index (χ2v) is 3.84. The Hall–Kier alpha value is -0.960. The molecule has 0 fully saturated rings.